The molecule has 0 spiro atoms. The second kappa shape index (κ2) is 6.27. The molecule has 0 atom stereocenters. The van der Waals surface area contributed by atoms with Crippen molar-refractivity contribution in [2.24, 2.45) is 10.2 Å². The van der Waals surface area contributed by atoms with Crippen LogP contribution in [0.1, 0.15) is 5.56 Å². The van der Waals surface area contributed by atoms with E-state index < -0.39 is 15.0 Å². The number of aromatic hydroxyl groups is 1. The lowest BCUT2D eigenvalue weighted by atomic mass is 10.2. The average Bonchev–Trinajstić information content (AvgIpc) is 2.60. The lowest BCUT2D eigenvalue weighted by Crippen LogP contribution is -1.99. The first-order valence-electron chi connectivity index (χ1n) is 6.90. The number of phenolic OH excluding ortho intramolecular Hbond substituents is 1. The van der Waals surface area contributed by atoms with Crippen molar-refractivity contribution in [1.29, 1.82) is 5.26 Å². The van der Waals surface area contributed by atoms with Gasteiger partial charge in [-0.25, -0.2) is 0 Å². The predicted molar refractivity (Wildman–Crippen MR) is 88.6 cm³/mol. The molecule has 0 bridgehead atoms. The van der Waals surface area contributed by atoms with Gasteiger partial charge in [-0.15, -0.1) is 5.11 Å². The fourth-order valence-electron chi connectivity index (χ4n) is 2.22. The zero-order valence-corrected chi connectivity index (χ0v) is 13.3. The molecule has 25 heavy (non-hydrogen) atoms. The van der Waals surface area contributed by atoms with Gasteiger partial charge in [0.05, 0.1) is 17.3 Å². The second-order valence-corrected chi connectivity index (χ2v) is 6.37. The van der Waals surface area contributed by atoms with Crippen LogP contribution in [0.2, 0.25) is 0 Å². The van der Waals surface area contributed by atoms with E-state index in [1.165, 1.54) is 24.4 Å². The van der Waals surface area contributed by atoms with E-state index in [9.17, 15) is 18.1 Å². The number of aromatic nitrogens is 1. The van der Waals surface area contributed by atoms with Gasteiger partial charge in [0.15, 0.2) is 5.75 Å². The van der Waals surface area contributed by atoms with Crippen LogP contribution < -0.4 is 0 Å². The Bertz CT molecular complexity index is 1150. The summed E-state index contributed by atoms with van der Waals surface area (Å²) >= 11 is 0. The van der Waals surface area contributed by atoms with E-state index >= 15 is 0 Å². The third-order valence-corrected chi connectivity index (χ3v) is 4.23. The quantitative estimate of drug-likeness (QED) is 0.546. The maximum absolute atomic E-state index is 11.6. The van der Waals surface area contributed by atoms with Crippen molar-refractivity contribution in [2.45, 2.75) is 4.90 Å². The Kier molecular flexibility index (Phi) is 4.14. The average molecular weight is 354 g/mol. The molecule has 0 amide bonds. The van der Waals surface area contributed by atoms with Crippen LogP contribution in [0.5, 0.6) is 5.75 Å². The first-order chi connectivity index (χ1) is 11.9. The van der Waals surface area contributed by atoms with Gasteiger partial charge in [0.2, 0.25) is 0 Å². The number of rotatable bonds is 3. The largest absolute Gasteiger partial charge is 0.504 e. The number of hydrogen-bond donors (Lipinski definition) is 2. The Labute approximate surface area is 142 Å². The van der Waals surface area contributed by atoms with Crippen LogP contribution in [0.15, 0.2) is 63.8 Å². The van der Waals surface area contributed by atoms with Crippen molar-refractivity contribution in [2.75, 3.05) is 0 Å². The van der Waals surface area contributed by atoms with E-state index in [2.05, 4.69) is 15.2 Å². The summed E-state index contributed by atoms with van der Waals surface area (Å²) in [6, 6.07) is 12.1. The number of pyridine rings is 1. The zero-order valence-electron chi connectivity index (χ0n) is 12.5. The maximum atomic E-state index is 11.6. The van der Waals surface area contributed by atoms with Crippen molar-refractivity contribution in [1.82, 2.24) is 4.98 Å². The summed E-state index contributed by atoms with van der Waals surface area (Å²) in [6.07, 6.45) is 1.37. The Morgan fingerprint density at radius 3 is 2.64 bits per heavy atom. The monoisotopic (exact) mass is 354 g/mol. The van der Waals surface area contributed by atoms with Crippen LogP contribution in [0, 0.1) is 11.3 Å². The number of nitriles is 1. The normalized spacial score (nSPS) is 11.7. The summed E-state index contributed by atoms with van der Waals surface area (Å²) < 4.78 is 32.6. The van der Waals surface area contributed by atoms with Gasteiger partial charge in [-0.2, -0.15) is 18.8 Å². The molecule has 2 N–H and O–H groups in total. The summed E-state index contributed by atoms with van der Waals surface area (Å²) in [6.45, 7) is 0. The smallest absolute Gasteiger partial charge is 0.295 e. The summed E-state index contributed by atoms with van der Waals surface area (Å²) in [5.74, 6) is -0.372. The minimum absolute atomic E-state index is 0.0302. The third-order valence-electron chi connectivity index (χ3n) is 3.33. The highest BCUT2D eigenvalue weighted by Crippen LogP contribution is 2.38. The minimum Gasteiger partial charge on any atom is -0.504 e. The molecule has 0 saturated heterocycles. The lowest BCUT2D eigenvalue weighted by Gasteiger charge is -2.07. The van der Waals surface area contributed by atoms with Crippen molar-refractivity contribution in [3.8, 4) is 11.8 Å². The molecular weight excluding hydrogens is 344 g/mol. The second-order valence-electron chi connectivity index (χ2n) is 4.98. The summed E-state index contributed by atoms with van der Waals surface area (Å²) in [4.78, 5) is 3.49. The summed E-state index contributed by atoms with van der Waals surface area (Å²) in [7, 11) is -4.56. The Balaban J connectivity index is 2.18. The predicted octanol–water partition coefficient (Wildman–Crippen LogP) is 3.47. The topological polar surface area (TPSA) is 136 Å². The summed E-state index contributed by atoms with van der Waals surface area (Å²) in [5, 5.41) is 26.9. The highest BCUT2D eigenvalue weighted by Gasteiger charge is 2.20. The van der Waals surface area contributed by atoms with Crippen molar-refractivity contribution < 1.29 is 18.1 Å². The molecule has 0 fully saturated rings. The lowest BCUT2D eigenvalue weighted by molar-refractivity contribution is 0.479. The van der Waals surface area contributed by atoms with Gasteiger partial charge in [-0.1, -0.05) is 6.07 Å². The number of benzene rings is 2. The molecule has 3 aromatic rings. The Morgan fingerprint density at radius 2 is 1.92 bits per heavy atom. The zero-order chi connectivity index (χ0) is 18.0. The van der Waals surface area contributed by atoms with E-state index in [-0.39, 0.29) is 22.3 Å². The maximum Gasteiger partial charge on any atom is 0.295 e. The Morgan fingerprint density at radius 1 is 1.12 bits per heavy atom. The van der Waals surface area contributed by atoms with Crippen LogP contribution >= 0.6 is 0 Å². The van der Waals surface area contributed by atoms with Gasteiger partial charge >= 0.3 is 0 Å². The molecule has 0 aliphatic carbocycles. The first kappa shape index (κ1) is 16.5. The van der Waals surface area contributed by atoms with E-state index in [4.69, 9.17) is 5.26 Å². The molecule has 0 saturated carbocycles. The molecular formula is C16H10N4O4S. The van der Waals surface area contributed by atoms with Crippen LogP contribution in [0.4, 0.5) is 11.4 Å². The molecule has 124 valence electrons. The van der Waals surface area contributed by atoms with Gasteiger partial charge in [0.1, 0.15) is 16.1 Å². The molecule has 1 aromatic heterocycles. The van der Waals surface area contributed by atoms with Gasteiger partial charge in [-0.3, -0.25) is 9.54 Å². The number of azo groups is 1. The molecule has 0 radical (unpaired) electrons. The van der Waals surface area contributed by atoms with Crippen molar-refractivity contribution in [3.05, 3.63) is 54.2 Å². The molecule has 9 heteroatoms. The van der Waals surface area contributed by atoms with Crippen LogP contribution in [-0.2, 0) is 10.1 Å². The van der Waals surface area contributed by atoms with E-state index in [0.29, 0.717) is 11.3 Å². The minimum atomic E-state index is -4.56. The van der Waals surface area contributed by atoms with E-state index in [1.54, 1.807) is 18.2 Å². The molecule has 8 nitrogen and oxygen atoms in total. The first-order valence-corrected chi connectivity index (χ1v) is 8.34. The highest BCUT2D eigenvalue weighted by molar-refractivity contribution is 7.86. The molecule has 0 aliphatic rings. The van der Waals surface area contributed by atoms with Crippen LogP contribution in [-0.4, -0.2) is 23.1 Å². The fraction of sp³-hybridized carbons (Fsp3) is 0. The molecule has 0 unspecified atom stereocenters. The Hall–Kier alpha value is -3.35. The molecule has 1 heterocycles. The SMILES string of the molecule is N#Cc1cccc(N=Nc2cc(S(=O)(=O)O)c3cccnc3c2O)c1. The van der Waals surface area contributed by atoms with Crippen molar-refractivity contribution in [3.63, 3.8) is 0 Å². The van der Waals surface area contributed by atoms with Gasteiger partial charge in [-0.05, 0) is 36.4 Å². The summed E-state index contributed by atoms with van der Waals surface area (Å²) in [5.41, 5.74) is 0.506. The standard InChI is InChI=1S/C16H10N4O4S/c17-9-10-3-1-4-11(7-10)19-20-13-8-14(25(22,23)24)12-5-2-6-18-15(12)16(13)21/h1-8,21H,(H,22,23,24). The van der Waals surface area contributed by atoms with Crippen LogP contribution in [0.25, 0.3) is 10.9 Å². The number of phenols is 1. The molecule has 3 rings (SSSR count). The molecule has 2 aromatic carbocycles. The number of fused-ring (bicyclic) bond motifs is 1. The number of nitrogens with zero attached hydrogens (tertiary/aromatic N) is 4. The molecule has 0 aliphatic heterocycles. The van der Waals surface area contributed by atoms with Crippen molar-refractivity contribution >= 4 is 32.4 Å². The van der Waals surface area contributed by atoms with E-state index in [0.717, 1.165) is 6.07 Å². The van der Waals surface area contributed by atoms with Gasteiger partial charge in [0.25, 0.3) is 10.1 Å². The third kappa shape index (κ3) is 3.30. The van der Waals surface area contributed by atoms with Gasteiger partial charge in [0, 0.05) is 11.6 Å². The van der Waals surface area contributed by atoms with Gasteiger partial charge < -0.3 is 5.11 Å². The van der Waals surface area contributed by atoms with Crippen LogP contribution in [0.3, 0.4) is 0 Å². The van der Waals surface area contributed by atoms with E-state index in [1.807, 2.05) is 6.07 Å². The highest BCUT2D eigenvalue weighted by atomic mass is 32.2. The fourth-order valence-corrected chi connectivity index (χ4v) is 2.93. The number of hydrogen-bond acceptors (Lipinski definition) is 7.